The van der Waals surface area contributed by atoms with Crippen LogP contribution in [0.1, 0.15) is 18.1 Å². The molecule has 0 spiro atoms. The van der Waals surface area contributed by atoms with Crippen LogP contribution in [0.3, 0.4) is 0 Å². The standard InChI is InChI=1S/C11H17NO2S/c13-11(10-2-4-15-8-10)6-12-5-9-1-3-14-7-9/h2,4,8-9,11-13H,1,3,5-7H2. The smallest absolute Gasteiger partial charge is 0.0922 e. The Kier molecular flexibility index (Phi) is 4.14. The lowest BCUT2D eigenvalue weighted by molar-refractivity contribution is 0.167. The summed E-state index contributed by atoms with van der Waals surface area (Å²) in [6, 6.07) is 1.97. The highest BCUT2D eigenvalue weighted by atomic mass is 32.1. The van der Waals surface area contributed by atoms with Gasteiger partial charge in [0.1, 0.15) is 0 Å². The molecular formula is C11H17NO2S. The summed E-state index contributed by atoms with van der Waals surface area (Å²) in [6.07, 6.45) is 0.764. The van der Waals surface area contributed by atoms with Crippen molar-refractivity contribution in [2.45, 2.75) is 12.5 Å². The second-order valence-electron chi connectivity index (χ2n) is 3.96. The fourth-order valence-corrected chi connectivity index (χ4v) is 2.46. The number of aliphatic hydroxyl groups excluding tert-OH is 1. The predicted octanol–water partition coefficient (Wildman–Crippen LogP) is 1.41. The minimum atomic E-state index is -0.376. The monoisotopic (exact) mass is 227 g/mol. The molecule has 0 saturated carbocycles. The number of rotatable bonds is 5. The summed E-state index contributed by atoms with van der Waals surface area (Å²) in [5, 5.41) is 17.1. The molecule has 2 N–H and O–H groups in total. The van der Waals surface area contributed by atoms with E-state index in [9.17, 15) is 5.11 Å². The van der Waals surface area contributed by atoms with Crippen LogP contribution in [0, 0.1) is 5.92 Å². The maximum atomic E-state index is 9.80. The van der Waals surface area contributed by atoms with Gasteiger partial charge in [-0.1, -0.05) is 0 Å². The van der Waals surface area contributed by atoms with Crippen LogP contribution < -0.4 is 5.32 Å². The third kappa shape index (κ3) is 3.28. The van der Waals surface area contributed by atoms with Gasteiger partial charge in [0.05, 0.1) is 12.7 Å². The number of hydrogen-bond acceptors (Lipinski definition) is 4. The average Bonchev–Trinajstić information content (AvgIpc) is 2.90. The SMILES string of the molecule is OC(CNCC1CCOC1)c1ccsc1. The first kappa shape index (κ1) is 11.1. The molecule has 0 radical (unpaired) electrons. The highest BCUT2D eigenvalue weighted by molar-refractivity contribution is 7.07. The van der Waals surface area contributed by atoms with E-state index in [0.717, 1.165) is 31.7 Å². The quantitative estimate of drug-likeness (QED) is 0.799. The van der Waals surface area contributed by atoms with Gasteiger partial charge in [0.25, 0.3) is 0 Å². The molecule has 0 bridgehead atoms. The molecule has 1 aliphatic heterocycles. The van der Waals surface area contributed by atoms with Gasteiger partial charge in [-0.25, -0.2) is 0 Å². The molecule has 4 heteroatoms. The Balaban J connectivity index is 1.65. The zero-order chi connectivity index (χ0) is 10.5. The lowest BCUT2D eigenvalue weighted by atomic mass is 10.1. The van der Waals surface area contributed by atoms with Crippen LogP contribution >= 0.6 is 11.3 Å². The molecule has 1 aromatic rings. The predicted molar refractivity (Wildman–Crippen MR) is 61.1 cm³/mol. The minimum absolute atomic E-state index is 0.376. The number of thiophene rings is 1. The van der Waals surface area contributed by atoms with E-state index in [-0.39, 0.29) is 6.10 Å². The van der Waals surface area contributed by atoms with E-state index in [2.05, 4.69) is 5.32 Å². The largest absolute Gasteiger partial charge is 0.387 e. The summed E-state index contributed by atoms with van der Waals surface area (Å²) < 4.78 is 5.29. The first-order chi connectivity index (χ1) is 7.36. The summed E-state index contributed by atoms with van der Waals surface area (Å²) in [7, 11) is 0. The van der Waals surface area contributed by atoms with Gasteiger partial charge in [0.2, 0.25) is 0 Å². The number of aliphatic hydroxyl groups is 1. The lowest BCUT2D eigenvalue weighted by Crippen LogP contribution is -2.27. The van der Waals surface area contributed by atoms with Crippen LogP contribution in [-0.2, 0) is 4.74 Å². The molecule has 0 aliphatic carbocycles. The van der Waals surface area contributed by atoms with E-state index in [4.69, 9.17) is 4.74 Å². The van der Waals surface area contributed by atoms with Crippen LogP contribution in [0.25, 0.3) is 0 Å². The van der Waals surface area contributed by atoms with Gasteiger partial charge in [-0.15, -0.1) is 0 Å². The molecule has 0 amide bonds. The minimum Gasteiger partial charge on any atom is -0.387 e. The maximum absolute atomic E-state index is 9.80. The topological polar surface area (TPSA) is 41.5 Å². The number of hydrogen-bond donors (Lipinski definition) is 2. The van der Waals surface area contributed by atoms with Crippen LogP contribution in [-0.4, -0.2) is 31.4 Å². The molecule has 2 heterocycles. The highest BCUT2D eigenvalue weighted by Gasteiger charge is 2.15. The van der Waals surface area contributed by atoms with Gasteiger partial charge >= 0.3 is 0 Å². The Bertz CT molecular complexity index is 270. The third-order valence-corrected chi connectivity index (χ3v) is 3.42. The van der Waals surface area contributed by atoms with Crippen LogP contribution in [0.4, 0.5) is 0 Å². The van der Waals surface area contributed by atoms with Crippen molar-refractivity contribution in [2.75, 3.05) is 26.3 Å². The lowest BCUT2D eigenvalue weighted by Gasteiger charge is -2.12. The number of ether oxygens (including phenoxy) is 1. The molecule has 1 aromatic heterocycles. The second-order valence-corrected chi connectivity index (χ2v) is 4.74. The maximum Gasteiger partial charge on any atom is 0.0922 e. The molecule has 0 aromatic carbocycles. The zero-order valence-electron chi connectivity index (χ0n) is 8.69. The Hall–Kier alpha value is -0.420. The van der Waals surface area contributed by atoms with Gasteiger partial charge in [0.15, 0.2) is 0 Å². The normalized spacial score (nSPS) is 23.1. The summed E-state index contributed by atoms with van der Waals surface area (Å²) in [5.41, 5.74) is 1.01. The molecule has 1 fully saturated rings. The van der Waals surface area contributed by atoms with E-state index < -0.39 is 0 Å². The summed E-state index contributed by atoms with van der Waals surface area (Å²) in [6.45, 7) is 3.33. The Morgan fingerprint density at radius 2 is 2.60 bits per heavy atom. The van der Waals surface area contributed by atoms with E-state index in [1.165, 1.54) is 0 Å². The van der Waals surface area contributed by atoms with E-state index in [1.807, 2.05) is 16.8 Å². The second kappa shape index (κ2) is 5.61. The Morgan fingerprint density at radius 1 is 1.67 bits per heavy atom. The van der Waals surface area contributed by atoms with Gasteiger partial charge < -0.3 is 15.2 Å². The molecule has 2 atom stereocenters. The fraction of sp³-hybridized carbons (Fsp3) is 0.636. The highest BCUT2D eigenvalue weighted by Crippen LogP contribution is 2.15. The van der Waals surface area contributed by atoms with Crippen molar-refractivity contribution in [3.05, 3.63) is 22.4 Å². The third-order valence-electron chi connectivity index (χ3n) is 2.72. The Morgan fingerprint density at radius 3 is 3.27 bits per heavy atom. The van der Waals surface area contributed by atoms with Gasteiger partial charge in [-0.05, 0) is 34.7 Å². The molecule has 1 aliphatic rings. The zero-order valence-corrected chi connectivity index (χ0v) is 9.50. The summed E-state index contributed by atoms with van der Waals surface area (Å²) in [4.78, 5) is 0. The van der Waals surface area contributed by atoms with Crippen LogP contribution in [0.15, 0.2) is 16.8 Å². The van der Waals surface area contributed by atoms with Gasteiger partial charge in [0, 0.05) is 19.7 Å². The number of nitrogens with one attached hydrogen (secondary N) is 1. The van der Waals surface area contributed by atoms with Crippen molar-refractivity contribution in [1.29, 1.82) is 0 Å². The average molecular weight is 227 g/mol. The van der Waals surface area contributed by atoms with E-state index in [0.29, 0.717) is 12.5 Å². The van der Waals surface area contributed by atoms with E-state index >= 15 is 0 Å². The van der Waals surface area contributed by atoms with Crippen molar-refractivity contribution in [3.63, 3.8) is 0 Å². The van der Waals surface area contributed by atoms with Crippen molar-refractivity contribution in [3.8, 4) is 0 Å². The first-order valence-corrected chi connectivity index (χ1v) is 6.29. The molecule has 84 valence electrons. The molecule has 1 saturated heterocycles. The summed E-state index contributed by atoms with van der Waals surface area (Å²) in [5.74, 6) is 0.625. The van der Waals surface area contributed by atoms with Crippen molar-refractivity contribution in [1.82, 2.24) is 5.32 Å². The van der Waals surface area contributed by atoms with Crippen molar-refractivity contribution >= 4 is 11.3 Å². The van der Waals surface area contributed by atoms with Crippen molar-refractivity contribution < 1.29 is 9.84 Å². The van der Waals surface area contributed by atoms with Crippen molar-refractivity contribution in [2.24, 2.45) is 5.92 Å². The molecule has 15 heavy (non-hydrogen) atoms. The van der Waals surface area contributed by atoms with Crippen LogP contribution in [0.5, 0.6) is 0 Å². The van der Waals surface area contributed by atoms with Crippen LogP contribution in [0.2, 0.25) is 0 Å². The fourth-order valence-electron chi connectivity index (χ4n) is 1.75. The molecular weight excluding hydrogens is 210 g/mol. The van der Waals surface area contributed by atoms with E-state index in [1.54, 1.807) is 11.3 Å². The first-order valence-electron chi connectivity index (χ1n) is 5.35. The van der Waals surface area contributed by atoms with Gasteiger partial charge in [-0.3, -0.25) is 0 Å². The molecule has 2 unspecified atom stereocenters. The Labute approximate surface area is 94.1 Å². The molecule has 3 nitrogen and oxygen atoms in total. The summed E-state index contributed by atoms with van der Waals surface area (Å²) >= 11 is 1.62. The molecule has 2 rings (SSSR count). The van der Waals surface area contributed by atoms with Gasteiger partial charge in [-0.2, -0.15) is 11.3 Å².